The number of anilines is 1. The van der Waals surface area contributed by atoms with E-state index < -0.39 is 0 Å². The molecule has 0 unspecified atom stereocenters. The molecule has 6 nitrogen and oxygen atoms in total. The fourth-order valence-corrected chi connectivity index (χ4v) is 2.04. The monoisotopic (exact) mass is 235 g/mol. The third kappa shape index (κ3) is 2.91. The molecule has 2 rings (SSSR count). The number of amides is 1. The van der Waals surface area contributed by atoms with Crippen molar-refractivity contribution in [1.29, 1.82) is 0 Å². The predicted octanol–water partition coefficient (Wildman–Crippen LogP) is 0.0585. The Bertz CT molecular complexity index is 401. The number of aromatic nitrogens is 2. The smallest absolute Gasteiger partial charge is 0.256 e. The molecule has 17 heavy (non-hydrogen) atoms. The van der Waals surface area contributed by atoms with Crippen LogP contribution in [0.15, 0.2) is 12.5 Å². The molecule has 1 aromatic heterocycles. The van der Waals surface area contributed by atoms with Crippen molar-refractivity contribution < 1.29 is 4.79 Å². The highest BCUT2D eigenvalue weighted by atomic mass is 16.1. The highest BCUT2D eigenvalue weighted by Crippen LogP contribution is 2.17. The maximum Gasteiger partial charge on any atom is 0.256 e. The van der Waals surface area contributed by atoms with Crippen LogP contribution >= 0.6 is 0 Å². The fraction of sp³-hybridized carbons (Fsp3) is 0.545. The highest BCUT2D eigenvalue weighted by Gasteiger charge is 2.21. The van der Waals surface area contributed by atoms with Crippen LogP contribution in [0.3, 0.4) is 0 Å². The van der Waals surface area contributed by atoms with Gasteiger partial charge in [0.1, 0.15) is 12.1 Å². The van der Waals surface area contributed by atoms with Crippen LogP contribution in [-0.2, 0) is 0 Å². The van der Waals surface area contributed by atoms with Gasteiger partial charge in [-0.3, -0.25) is 4.79 Å². The molecule has 1 saturated carbocycles. The standard InChI is InChI=1S/C11H17N5O/c12-7-1-3-8(4-2-7)16-11(17)9-5-14-6-15-10(9)13/h5-8H,1-4,12H2,(H,16,17)(H2,13,14,15)/t7-,8-. The molecule has 1 heterocycles. The van der Waals surface area contributed by atoms with E-state index >= 15 is 0 Å². The first-order valence-electron chi connectivity index (χ1n) is 5.78. The third-order valence-electron chi connectivity index (χ3n) is 3.09. The predicted molar refractivity (Wildman–Crippen MR) is 64.1 cm³/mol. The number of nitrogens with zero attached hydrogens (tertiary/aromatic N) is 2. The van der Waals surface area contributed by atoms with Crippen LogP contribution in [0.2, 0.25) is 0 Å². The van der Waals surface area contributed by atoms with Gasteiger partial charge in [-0.2, -0.15) is 0 Å². The van der Waals surface area contributed by atoms with Crippen LogP contribution in [0, 0.1) is 0 Å². The van der Waals surface area contributed by atoms with Crippen molar-refractivity contribution in [2.75, 3.05) is 5.73 Å². The van der Waals surface area contributed by atoms with Crippen molar-refractivity contribution in [3.05, 3.63) is 18.1 Å². The van der Waals surface area contributed by atoms with Gasteiger partial charge < -0.3 is 16.8 Å². The average molecular weight is 235 g/mol. The van der Waals surface area contributed by atoms with Crippen LogP contribution in [0.1, 0.15) is 36.0 Å². The maximum absolute atomic E-state index is 11.9. The number of nitrogens with two attached hydrogens (primary N) is 2. The zero-order valence-electron chi connectivity index (χ0n) is 9.60. The lowest BCUT2D eigenvalue weighted by molar-refractivity contribution is 0.0926. The SMILES string of the molecule is Nc1ncncc1C(=O)N[C@H]1CC[C@H](N)CC1. The largest absolute Gasteiger partial charge is 0.383 e. The van der Waals surface area contributed by atoms with Crippen molar-refractivity contribution in [1.82, 2.24) is 15.3 Å². The van der Waals surface area contributed by atoms with E-state index in [4.69, 9.17) is 11.5 Å². The lowest BCUT2D eigenvalue weighted by atomic mass is 9.92. The summed E-state index contributed by atoms with van der Waals surface area (Å²) in [7, 11) is 0. The molecule has 1 aliphatic carbocycles. The number of rotatable bonds is 2. The van der Waals surface area contributed by atoms with Gasteiger partial charge in [-0.25, -0.2) is 9.97 Å². The quantitative estimate of drug-likeness (QED) is 0.672. The molecule has 1 amide bonds. The minimum absolute atomic E-state index is 0.182. The molecular formula is C11H17N5O. The van der Waals surface area contributed by atoms with Crippen LogP contribution in [-0.4, -0.2) is 28.0 Å². The van der Waals surface area contributed by atoms with Gasteiger partial charge in [-0.05, 0) is 25.7 Å². The molecule has 0 spiro atoms. The lowest BCUT2D eigenvalue weighted by Gasteiger charge is -2.26. The summed E-state index contributed by atoms with van der Waals surface area (Å²) in [4.78, 5) is 19.5. The molecule has 0 radical (unpaired) electrons. The summed E-state index contributed by atoms with van der Waals surface area (Å²) in [6.45, 7) is 0. The van der Waals surface area contributed by atoms with Gasteiger partial charge in [0.2, 0.25) is 0 Å². The van der Waals surface area contributed by atoms with Crippen molar-refractivity contribution in [2.24, 2.45) is 5.73 Å². The van der Waals surface area contributed by atoms with Crippen molar-refractivity contribution >= 4 is 11.7 Å². The normalized spacial score (nSPS) is 24.3. The molecule has 0 bridgehead atoms. The van der Waals surface area contributed by atoms with Gasteiger partial charge in [-0.1, -0.05) is 0 Å². The zero-order chi connectivity index (χ0) is 12.3. The van der Waals surface area contributed by atoms with Gasteiger partial charge >= 0.3 is 0 Å². The molecule has 1 aliphatic rings. The van der Waals surface area contributed by atoms with Crippen LogP contribution < -0.4 is 16.8 Å². The summed E-state index contributed by atoms with van der Waals surface area (Å²) in [5.41, 5.74) is 11.8. The van der Waals surface area contributed by atoms with Gasteiger partial charge in [0.05, 0.1) is 5.56 Å². The second kappa shape index (κ2) is 5.09. The molecule has 0 aliphatic heterocycles. The molecule has 1 aromatic rings. The Balaban J connectivity index is 1.96. The maximum atomic E-state index is 11.9. The Hall–Kier alpha value is -1.69. The molecule has 0 atom stereocenters. The van der Waals surface area contributed by atoms with Crippen molar-refractivity contribution in [3.63, 3.8) is 0 Å². The van der Waals surface area contributed by atoms with Gasteiger partial charge in [0, 0.05) is 18.3 Å². The summed E-state index contributed by atoms with van der Waals surface area (Å²) in [6.07, 6.45) is 6.50. The number of hydrogen-bond acceptors (Lipinski definition) is 5. The average Bonchev–Trinajstić information content (AvgIpc) is 2.32. The summed E-state index contributed by atoms with van der Waals surface area (Å²) in [5, 5.41) is 2.94. The van der Waals surface area contributed by atoms with E-state index in [2.05, 4.69) is 15.3 Å². The number of carbonyl (C=O) groups excluding carboxylic acids is 1. The summed E-state index contributed by atoms with van der Waals surface area (Å²) in [6, 6.07) is 0.454. The minimum Gasteiger partial charge on any atom is -0.383 e. The van der Waals surface area contributed by atoms with E-state index in [1.807, 2.05) is 0 Å². The molecule has 92 valence electrons. The molecule has 1 fully saturated rings. The zero-order valence-corrected chi connectivity index (χ0v) is 9.60. The molecule has 0 saturated heterocycles. The highest BCUT2D eigenvalue weighted by molar-refractivity contribution is 5.98. The van der Waals surface area contributed by atoms with Crippen LogP contribution in [0.4, 0.5) is 5.82 Å². The topological polar surface area (TPSA) is 107 Å². The van der Waals surface area contributed by atoms with Gasteiger partial charge in [0.25, 0.3) is 5.91 Å². The Morgan fingerprint density at radius 3 is 2.71 bits per heavy atom. The van der Waals surface area contributed by atoms with Crippen LogP contribution in [0.5, 0.6) is 0 Å². The molecule has 6 heteroatoms. The Morgan fingerprint density at radius 1 is 1.35 bits per heavy atom. The summed E-state index contributed by atoms with van der Waals surface area (Å²) < 4.78 is 0. The van der Waals surface area contributed by atoms with Crippen LogP contribution in [0.25, 0.3) is 0 Å². The first-order chi connectivity index (χ1) is 8.16. The van der Waals surface area contributed by atoms with E-state index in [0.29, 0.717) is 5.56 Å². The molecule has 0 aromatic carbocycles. The third-order valence-corrected chi connectivity index (χ3v) is 3.09. The van der Waals surface area contributed by atoms with Gasteiger partial charge in [0.15, 0.2) is 0 Å². The number of nitrogens with one attached hydrogen (secondary N) is 1. The van der Waals surface area contributed by atoms with Crippen molar-refractivity contribution in [3.8, 4) is 0 Å². The number of hydrogen-bond donors (Lipinski definition) is 3. The van der Waals surface area contributed by atoms with E-state index in [9.17, 15) is 4.79 Å². The molecular weight excluding hydrogens is 218 g/mol. The summed E-state index contributed by atoms with van der Waals surface area (Å²) in [5.74, 6) is 0.00795. The van der Waals surface area contributed by atoms with E-state index in [-0.39, 0.29) is 23.8 Å². The Morgan fingerprint density at radius 2 is 2.06 bits per heavy atom. The second-order valence-corrected chi connectivity index (χ2v) is 4.41. The van der Waals surface area contributed by atoms with Gasteiger partial charge in [-0.15, -0.1) is 0 Å². The molecule has 5 N–H and O–H groups in total. The van der Waals surface area contributed by atoms with E-state index in [0.717, 1.165) is 25.7 Å². The Kier molecular flexibility index (Phi) is 3.53. The van der Waals surface area contributed by atoms with E-state index in [1.54, 1.807) is 0 Å². The second-order valence-electron chi connectivity index (χ2n) is 4.41. The first-order valence-corrected chi connectivity index (χ1v) is 5.78. The first kappa shape index (κ1) is 11.8. The van der Waals surface area contributed by atoms with E-state index in [1.165, 1.54) is 12.5 Å². The fourth-order valence-electron chi connectivity index (χ4n) is 2.04. The Labute approximate surface area is 99.8 Å². The minimum atomic E-state index is -0.205. The van der Waals surface area contributed by atoms with Crippen molar-refractivity contribution in [2.45, 2.75) is 37.8 Å². The lowest BCUT2D eigenvalue weighted by Crippen LogP contribution is -2.40. The number of carbonyl (C=O) groups is 1. The number of nitrogen functional groups attached to an aromatic ring is 1. The summed E-state index contributed by atoms with van der Waals surface area (Å²) >= 11 is 0.